The molecule has 4 nitrogen and oxygen atoms in total. The topological polar surface area (TPSA) is 52.6 Å². The first-order valence-electron chi connectivity index (χ1n) is 5.47. The van der Waals surface area contributed by atoms with Gasteiger partial charge in [-0.25, -0.2) is 9.18 Å². The largest absolute Gasteiger partial charge is 0.479 e. The number of halogens is 1. The van der Waals surface area contributed by atoms with Crippen LogP contribution in [0.15, 0.2) is 24.3 Å². The highest BCUT2D eigenvalue weighted by Crippen LogP contribution is 2.25. The normalized spacial score (nSPS) is 24.8. The molecule has 1 atom stereocenters. The Morgan fingerprint density at radius 2 is 2.12 bits per heavy atom. The lowest BCUT2D eigenvalue weighted by Gasteiger charge is -2.26. The van der Waals surface area contributed by atoms with Crippen LogP contribution in [0.4, 0.5) is 10.1 Å². The van der Waals surface area contributed by atoms with E-state index in [0.29, 0.717) is 18.7 Å². The number of carboxylic acids is 1. The Bertz CT molecular complexity index is 421. The van der Waals surface area contributed by atoms with Crippen LogP contribution < -0.4 is 5.32 Å². The van der Waals surface area contributed by atoms with Gasteiger partial charge in [-0.15, -0.1) is 0 Å². The second-order valence-corrected chi connectivity index (χ2v) is 4.51. The molecule has 0 spiro atoms. The van der Waals surface area contributed by atoms with E-state index in [1.54, 1.807) is 12.1 Å². The molecule has 1 aliphatic rings. The third-order valence-electron chi connectivity index (χ3n) is 3.10. The molecule has 17 heavy (non-hydrogen) atoms. The van der Waals surface area contributed by atoms with Crippen molar-refractivity contribution in [1.82, 2.24) is 4.90 Å². The second kappa shape index (κ2) is 4.33. The average Bonchev–Trinajstić information content (AvgIpc) is 2.65. The molecule has 1 aliphatic heterocycles. The number of rotatable bonds is 3. The fourth-order valence-corrected chi connectivity index (χ4v) is 2.14. The Morgan fingerprint density at radius 3 is 2.59 bits per heavy atom. The first-order chi connectivity index (χ1) is 8.02. The minimum absolute atomic E-state index is 0.330. The maximum absolute atomic E-state index is 12.8. The number of aliphatic carboxylic acids is 1. The molecular formula is C12H15FN2O2. The molecule has 2 N–H and O–H groups in total. The summed E-state index contributed by atoms with van der Waals surface area (Å²) in [5.74, 6) is -1.20. The fraction of sp³-hybridized carbons (Fsp3) is 0.417. The van der Waals surface area contributed by atoms with E-state index in [1.165, 1.54) is 12.1 Å². The van der Waals surface area contributed by atoms with Crippen molar-refractivity contribution in [1.29, 1.82) is 0 Å². The molecule has 0 aliphatic carbocycles. The number of anilines is 1. The zero-order valence-corrected chi connectivity index (χ0v) is 9.61. The van der Waals surface area contributed by atoms with E-state index in [0.717, 1.165) is 6.54 Å². The number of hydrogen-bond acceptors (Lipinski definition) is 3. The highest BCUT2D eigenvalue weighted by atomic mass is 19.1. The number of nitrogens with zero attached hydrogens (tertiary/aromatic N) is 1. The Balaban J connectivity index is 2.19. The number of carbonyl (C=O) groups is 1. The zero-order chi connectivity index (χ0) is 12.5. The van der Waals surface area contributed by atoms with Crippen molar-refractivity contribution in [3.8, 4) is 0 Å². The van der Waals surface area contributed by atoms with Gasteiger partial charge < -0.3 is 15.3 Å². The quantitative estimate of drug-likeness (QED) is 0.835. The maximum Gasteiger partial charge on any atom is 0.330 e. The van der Waals surface area contributed by atoms with Gasteiger partial charge in [-0.05, 0) is 37.7 Å². The van der Waals surface area contributed by atoms with E-state index in [2.05, 4.69) is 5.32 Å². The molecule has 2 rings (SSSR count). The van der Waals surface area contributed by atoms with Crippen LogP contribution in [0.1, 0.15) is 6.42 Å². The number of nitrogens with one attached hydrogen (secondary N) is 1. The average molecular weight is 238 g/mol. The van der Waals surface area contributed by atoms with E-state index in [-0.39, 0.29) is 5.82 Å². The summed E-state index contributed by atoms with van der Waals surface area (Å²) in [6.45, 7) is 1.18. The molecule has 92 valence electrons. The molecule has 1 aromatic rings. The van der Waals surface area contributed by atoms with Crippen LogP contribution in [-0.2, 0) is 4.79 Å². The Labute approximate surface area is 99.0 Å². The number of likely N-dealkylation sites (N-methyl/N-ethyl adjacent to an activating group) is 1. The summed E-state index contributed by atoms with van der Waals surface area (Å²) in [7, 11) is 1.89. The summed E-state index contributed by atoms with van der Waals surface area (Å²) in [5.41, 5.74) is -0.337. The van der Waals surface area contributed by atoms with Gasteiger partial charge in [0.05, 0.1) is 0 Å². The van der Waals surface area contributed by atoms with Crippen LogP contribution in [0.3, 0.4) is 0 Å². The Kier molecular flexibility index (Phi) is 3.02. The third kappa shape index (κ3) is 2.39. The minimum atomic E-state index is -0.966. The van der Waals surface area contributed by atoms with Gasteiger partial charge in [0.2, 0.25) is 0 Å². The van der Waals surface area contributed by atoms with E-state index in [4.69, 9.17) is 0 Å². The van der Waals surface area contributed by atoms with Crippen LogP contribution in [0.2, 0.25) is 0 Å². The molecule has 0 radical (unpaired) electrons. The van der Waals surface area contributed by atoms with Gasteiger partial charge in [-0.2, -0.15) is 0 Å². The van der Waals surface area contributed by atoms with Crippen molar-refractivity contribution >= 4 is 11.7 Å². The summed E-state index contributed by atoms with van der Waals surface area (Å²) >= 11 is 0. The van der Waals surface area contributed by atoms with Crippen LogP contribution >= 0.6 is 0 Å². The van der Waals surface area contributed by atoms with Crippen molar-refractivity contribution in [2.24, 2.45) is 0 Å². The van der Waals surface area contributed by atoms with Gasteiger partial charge in [0.1, 0.15) is 11.4 Å². The van der Waals surface area contributed by atoms with Gasteiger partial charge in [-0.1, -0.05) is 0 Å². The van der Waals surface area contributed by atoms with Crippen LogP contribution in [-0.4, -0.2) is 41.7 Å². The van der Waals surface area contributed by atoms with Crippen LogP contribution in [0, 0.1) is 5.82 Å². The van der Waals surface area contributed by atoms with Gasteiger partial charge >= 0.3 is 5.97 Å². The lowest BCUT2D eigenvalue weighted by molar-refractivity contribution is -0.141. The zero-order valence-electron chi connectivity index (χ0n) is 9.61. The first-order valence-corrected chi connectivity index (χ1v) is 5.47. The molecule has 1 fully saturated rings. The molecule has 0 aromatic heterocycles. The van der Waals surface area contributed by atoms with Crippen LogP contribution in [0.25, 0.3) is 0 Å². The van der Waals surface area contributed by atoms with Crippen LogP contribution in [0.5, 0.6) is 0 Å². The highest BCUT2D eigenvalue weighted by molar-refractivity contribution is 5.83. The summed E-state index contributed by atoms with van der Waals surface area (Å²) in [5, 5.41) is 12.3. The van der Waals surface area contributed by atoms with Gasteiger partial charge in [0.25, 0.3) is 0 Å². The SMILES string of the molecule is CN1CCC(Nc2ccc(F)cc2)(C(=O)O)C1. The second-order valence-electron chi connectivity index (χ2n) is 4.51. The first kappa shape index (κ1) is 11.9. The molecule has 0 saturated carbocycles. The number of hydrogen-bond donors (Lipinski definition) is 2. The van der Waals surface area contributed by atoms with Crippen molar-refractivity contribution < 1.29 is 14.3 Å². The van der Waals surface area contributed by atoms with Gasteiger partial charge in [0.15, 0.2) is 0 Å². The molecule has 5 heteroatoms. The fourth-order valence-electron chi connectivity index (χ4n) is 2.14. The summed E-state index contributed by atoms with van der Waals surface area (Å²) in [6.07, 6.45) is 0.538. The van der Waals surface area contributed by atoms with Gasteiger partial charge in [-0.3, -0.25) is 0 Å². The number of carboxylic acid groups (broad SMARTS) is 1. The van der Waals surface area contributed by atoms with E-state index >= 15 is 0 Å². The molecule has 1 unspecified atom stereocenters. The number of benzene rings is 1. The van der Waals surface area contributed by atoms with Crippen molar-refractivity contribution in [3.63, 3.8) is 0 Å². The summed E-state index contributed by atoms with van der Waals surface area (Å²) < 4.78 is 12.8. The number of likely N-dealkylation sites (tertiary alicyclic amines) is 1. The standard InChI is InChI=1S/C12H15FN2O2/c1-15-7-6-12(8-15,11(16)17)14-10-4-2-9(13)3-5-10/h2-5,14H,6-8H2,1H3,(H,16,17). The predicted molar refractivity (Wildman–Crippen MR) is 62.5 cm³/mol. The summed E-state index contributed by atoms with van der Waals surface area (Å²) in [6, 6.07) is 5.74. The molecular weight excluding hydrogens is 223 g/mol. The lowest BCUT2D eigenvalue weighted by Crippen LogP contribution is -2.48. The van der Waals surface area contributed by atoms with E-state index in [9.17, 15) is 14.3 Å². The van der Waals surface area contributed by atoms with E-state index < -0.39 is 11.5 Å². The summed E-state index contributed by atoms with van der Waals surface area (Å²) in [4.78, 5) is 13.3. The highest BCUT2D eigenvalue weighted by Gasteiger charge is 2.43. The predicted octanol–water partition coefficient (Wildman–Crippen LogP) is 1.40. The van der Waals surface area contributed by atoms with Crippen molar-refractivity contribution in [2.75, 3.05) is 25.5 Å². The van der Waals surface area contributed by atoms with Crippen molar-refractivity contribution in [2.45, 2.75) is 12.0 Å². The monoisotopic (exact) mass is 238 g/mol. The molecule has 1 heterocycles. The van der Waals surface area contributed by atoms with Crippen molar-refractivity contribution in [3.05, 3.63) is 30.1 Å². The van der Waals surface area contributed by atoms with E-state index in [1.807, 2.05) is 11.9 Å². The smallest absolute Gasteiger partial charge is 0.330 e. The lowest BCUT2D eigenvalue weighted by atomic mass is 9.98. The van der Waals surface area contributed by atoms with Gasteiger partial charge in [0, 0.05) is 18.8 Å². The Morgan fingerprint density at radius 1 is 1.47 bits per heavy atom. The molecule has 0 amide bonds. The molecule has 1 saturated heterocycles. The Hall–Kier alpha value is -1.62. The maximum atomic E-state index is 12.8. The minimum Gasteiger partial charge on any atom is -0.479 e. The third-order valence-corrected chi connectivity index (χ3v) is 3.10. The molecule has 1 aromatic carbocycles. The molecule has 0 bridgehead atoms.